The molecule has 2 atom stereocenters. The van der Waals surface area contributed by atoms with Crippen LogP contribution in [0.15, 0.2) is 24.3 Å². The Morgan fingerprint density at radius 3 is 2.43 bits per heavy atom. The van der Waals surface area contributed by atoms with Crippen molar-refractivity contribution in [1.29, 1.82) is 0 Å². The van der Waals surface area contributed by atoms with Crippen LogP contribution in [-0.4, -0.2) is 11.9 Å². The van der Waals surface area contributed by atoms with Gasteiger partial charge in [-0.25, -0.2) is 0 Å². The minimum absolute atomic E-state index is 0.0853. The normalized spacial score (nSPS) is 14.6. The zero-order valence-electron chi connectivity index (χ0n) is 13.8. The minimum Gasteiger partial charge on any atom is -0.349 e. The highest BCUT2D eigenvalue weighted by Crippen LogP contribution is 2.32. The van der Waals surface area contributed by atoms with E-state index in [0.717, 1.165) is 12.1 Å². The summed E-state index contributed by atoms with van der Waals surface area (Å²) < 4.78 is 38.6. The highest BCUT2D eigenvalue weighted by Gasteiger charge is 2.31. The molecule has 23 heavy (non-hydrogen) atoms. The third-order valence-corrected chi connectivity index (χ3v) is 3.49. The summed E-state index contributed by atoms with van der Waals surface area (Å²) in [6, 6.07) is 4.62. The van der Waals surface area contributed by atoms with E-state index in [1.807, 2.05) is 20.8 Å². The van der Waals surface area contributed by atoms with Gasteiger partial charge < -0.3 is 11.1 Å². The van der Waals surface area contributed by atoms with Gasteiger partial charge in [0.15, 0.2) is 0 Å². The second-order valence-electron chi connectivity index (χ2n) is 6.39. The maximum atomic E-state index is 12.9. The van der Waals surface area contributed by atoms with E-state index >= 15 is 0 Å². The smallest absolute Gasteiger partial charge is 0.349 e. The zero-order valence-corrected chi connectivity index (χ0v) is 13.8. The van der Waals surface area contributed by atoms with Crippen molar-refractivity contribution in [3.63, 3.8) is 0 Å². The fraction of sp³-hybridized carbons (Fsp3) is 0.588. The predicted molar refractivity (Wildman–Crippen MR) is 84.7 cm³/mol. The number of hydrogen-bond acceptors (Lipinski definition) is 2. The van der Waals surface area contributed by atoms with E-state index in [-0.39, 0.29) is 24.3 Å². The average Bonchev–Trinajstić information content (AvgIpc) is 2.43. The van der Waals surface area contributed by atoms with E-state index in [2.05, 4.69) is 5.32 Å². The molecule has 1 aromatic rings. The fourth-order valence-electron chi connectivity index (χ4n) is 2.31. The molecular formula is C17H25F3N2O. The van der Waals surface area contributed by atoms with Crippen LogP contribution < -0.4 is 11.1 Å². The van der Waals surface area contributed by atoms with E-state index in [4.69, 9.17) is 5.73 Å². The molecule has 0 aliphatic heterocycles. The van der Waals surface area contributed by atoms with E-state index in [1.165, 1.54) is 6.07 Å². The van der Waals surface area contributed by atoms with Crippen LogP contribution in [0.4, 0.5) is 13.2 Å². The monoisotopic (exact) mass is 330 g/mol. The fourth-order valence-corrected chi connectivity index (χ4v) is 2.31. The van der Waals surface area contributed by atoms with E-state index in [9.17, 15) is 18.0 Å². The second kappa shape index (κ2) is 8.34. The van der Waals surface area contributed by atoms with Crippen molar-refractivity contribution in [1.82, 2.24) is 5.32 Å². The summed E-state index contributed by atoms with van der Waals surface area (Å²) in [5.74, 6) is 0.0497. The van der Waals surface area contributed by atoms with Gasteiger partial charge in [-0.1, -0.05) is 26.0 Å². The summed E-state index contributed by atoms with van der Waals surface area (Å²) in [7, 11) is 0. The molecule has 0 aliphatic carbocycles. The van der Waals surface area contributed by atoms with Gasteiger partial charge >= 0.3 is 6.18 Å². The van der Waals surface area contributed by atoms with E-state index in [1.54, 1.807) is 6.07 Å². The first-order chi connectivity index (χ1) is 10.6. The Morgan fingerprint density at radius 1 is 1.26 bits per heavy atom. The summed E-state index contributed by atoms with van der Waals surface area (Å²) >= 11 is 0. The van der Waals surface area contributed by atoms with Crippen LogP contribution in [0.25, 0.3) is 0 Å². The van der Waals surface area contributed by atoms with Crippen molar-refractivity contribution in [2.45, 2.75) is 58.3 Å². The maximum Gasteiger partial charge on any atom is 0.416 e. The Kier molecular flexibility index (Phi) is 7.06. The van der Waals surface area contributed by atoms with Crippen LogP contribution in [0.5, 0.6) is 0 Å². The molecule has 1 amide bonds. The summed E-state index contributed by atoms with van der Waals surface area (Å²) in [6.07, 6.45) is -3.00. The van der Waals surface area contributed by atoms with Crippen LogP contribution in [-0.2, 0) is 11.0 Å². The maximum absolute atomic E-state index is 12.9. The van der Waals surface area contributed by atoms with Crippen molar-refractivity contribution >= 4 is 5.91 Å². The number of amides is 1. The molecule has 0 saturated carbocycles. The topological polar surface area (TPSA) is 55.1 Å². The minimum atomic E-state index is -4.39. The third kappa shape index (κ3) is 7.03. The summed E-state index contributed by atoms with van der Waals surface area (Å²) in [5, 5.41) is 2.84. The standard InChI is InChI=1S/C17H25F3N2O/c1-11(2)9-15(22-16(23)8-7-12(3)21)13-5-4-6-14(10-13)17(18,19)20/h4-6,10-12,15H,7-9,21H2,1-3H3,(H,22,23). The van der Waals surface area contributed by atoms with Crippen molar-refractivity contribution in [3.8, 4) is 0 Å². The summed E-state index contributed by atoms with van der Waals surface area (Å²) in [5.41, 5.74) is 5.40. The Balaban J connectivity index is 2.91. The average molecular weight is 330 g/mol. The molecule has 3 nitrogen and oxygen atoms in total. The number of carbonyl (C=O) groups is 1. The van der Waals surface area contributed by atoms with Gasteiger partial charge in [0.25, 0.3) is 0 Å². The van der Waals surface area contributed by atoms with Crippen LogP contribution in [0.3, 0.4) is 0 Å². The predicted octanol–water partition coefficient (Wildman–Crippen LogP) is 4.04. The molecule has 6 heteroatoms. The number of rotatable bonds is 7. The molecule has 0 spiro atoms. The van der Waals surface area contributed by atoms with Crippen LogP contribution in [0.2, 0.25) is 0 Å². The highest BCUT2D eigenvalue weighted by atomic mass is 19.4. The lowest BCUT2D eigenvalue weighted by atomic mass is 9.95. The molecule has 2 unspecified atom stereocenters. The Morgan fingerprint density at radius 2 is 1.91 bits per heavy atom. The molecule has 0 bridgehead atoms. The van der Waals surface area contributed by atoms with Crippen LogP contribution >= 0.6 is 0 Å². The molecule has 3 N–H and O–H groups in total. The quantitative estimate of drug-likeness (QED) is 0.793. The first kappa shape index (κ1) is 19.5. The Bertz CT molecular complexity index is 513. The number of halogens is 3. The number of nitrogens with two attached hydrogens (primary N) is 1. The summed E-state index contributed by atoms with van der Waals surface area (Å²) in [4.78, 5) is 12.0. The van der Waals surface area contributed by atoms with Crippen molar-refractivity contribution in [2.75, 3.05) is 0 Å². The Hall–Kier alpha value is -1.56. The lowest BCUT2D eigenvalue weighted by molar-refractivity contribution is -0.137. The van der Waals surface area contributed by atoms with Crippen LogP contribution in [0.1, 0.15) is 57.2 Å². The highest BCUT2D eigenvalue weighted by molar-refractivity contribution is 5.76. The van der Waals surface area contributed by atoms with Gasteiger partial charge in [-0.05, 0) is 43.4 Å². The van der Waals surface area contributed by atoms with E-state index in [0.29, 0.717) is 18.4 Å². The molecule has 130 valence electrons. The molecule has 0 aliphatic rings. The Labute approximate surface area is 135 Å². The molecular weight excluding hydrogens is 305 g/mol. The van der Waals surface area contributed by atoms with Crippen molar-refractivity contribution < 1.29 is 18.0 Å². The second-order valence-corrected chi connectivity index (χ2v) is 6.39. The third-order valence-electron chi connectivity index (χ3n) is 3.49. The molecule has 0 aromatic heterocycles. The molecule has 0 heterocycles. The molecule has 0 fully saturated rings. The largest absolute Gasteiger partial charge is 0.416 e. The number of benzene rings is 1. The first-order valence-corrected chi connectivity index (χ1v) is 7.81. The van der Waals surface area contributed by atoms with Gasteiger partial charge in [0.1, 0.15) is 0 Å². The lowest BCUT2D eigenvalue weighted by Crippen LogP contribution is -2.30. The molecule has 1 aromatic carbocycles. The van der Waals surface area contributed by atoms with Gasteiger partial charge in [0.05, 0.1) is 11.6 Å². The van der Waals surface area contributed by atoms with Crippen LogP contribution in [0, 0.1) is 5.92 Å². The number of alkyl halides is 3. The van der Waals surface area contributed by atoms with Gasteiger partial charge in [0, 0.05) is 12.5 Å². The zero-order chi connectivity index (χ0) is 17.6. The number of carbonyl (C=O) groups excluding carboxylic acids is 1. The van der Waals surface area contributed by atoms with E-state index < -0.39 is 17.8 Å². The molecule has 1 rings (SSSR count). The van der Waals surface area contributed by atoms with Gasteiger partial charge in [-0.2, -0.15) is 13.2 Å². The van der Waals surface area contributed by atoms with Gasteiger partial charge in [-0.3, -0.25) is 4.79 Å². The summed E-state index contributed by atoms with van der Waals surface area (Å²) in [6.45, 7) is 5.75. The lowest BCUT2D eigenvalue weighted by Gasteiger charge is -2.22. The molecule has 0 saturated heterocycles. The molecule has 0 radical (unpaired) electrons. The number of nitrogens with one attached hydrogen (secondary N) is 1. The van der Waals surface area contributed by atoms with Crippen molar-refractivity contribution in [2.24, 2.45) is 11.7 Å². The van der Waals surface area contributed by atoms with Gasteiger partial charge in [0.2, 0.25) is 5.91 Å². The van der Waals surface area contributed by atoms with Crippen molar-refractivity contribution in [3.05, 3.63) is 35.4 Å². The van der Waals surface area contributed by atoms with Gasteiger partial charge in [-0.15, -0.1) is 0 Å². The number of hydrogen-bond donors (Lipinski definition) is 2. The first-order valence-electron chi connectivity index (χ1n) is 7.81. The SMILES string of the molecule is CC(C)CC(NC(=O)CCC(C)N)c1cccc(C(F)(F)F)c1.